The van der Waals surface area contributed by atoms with Crippen molar-refractivity contribution in [2.24, 2.45) is 4.99 Å². The molecule has 0 radical (unpaired) electrons. The van der Waals surface area contributed by atoms with E-state index in [1.807, 2.05) is 60.7 Å². The molecule has 4 atom stereocenters. The number of benzene rings is 4. The van der Waals surface area contributed by atoms with Crippen LogP contribution in [0.2, 0.25) is 36.3 Å². The van der Waals surface area contributed by atoms with Gasteiger partial charge in [-0.3, -0.25) is 25.0 Å². The quantitative estimate of drug-likeness (QED) is 0.00933. The van der Waals surface area contributed by atoms with Gasteiger partial charge in [-0.2, -0.15) is 4.99 Å². The molecule has 2 aliphatic rings. The maximum absolute atomic E-state index is 13.6. The molecule has 8 rings (SSSR count). The summed E-state index contributed by atoms with van der Waals surface area (Å²) in [7, 11) is -3.87. The first kappa shape index (κ1) is 67.1. The zero-order valence-electron chi connectivity index (χ0n) is 50.6. The van der Waals surface area contributed by atoms with Crippen molar-refractivity contribution in [3.63, 3.8) is 0 Å². The highest BCUT2D eigenvalue weighted by Gasteiger charge is 2.40. The number of likely N-dealkylation sites (tertiary alicyclic amines) is 1. The van der Waals surface area contributed by atoms with Crippen molar-refractivity contribution in [3.05, 3.63) is 116 Å². The van der Waals surface area contributed by atoms with Gasteiger partial charge in [0.2, 0.25) is 17.1 Å². The van der Waals surface area contributed by atoms with Crippen molar-refractivity contribution >= 4 is 85.5 Å². The third-order valence-electron chi connectivity index (χ3n) is 15.9. The van der Waals surface area contributed by atoms with Crippen molar-refractivity contribution in [1.29, 1.82) is 0 Å². The standard InChI is InChI=1S/C29H40N6O7Si.C16H25NO2Si.C13H15N5O5/c1-29(2,3)43(4,5)41-18-21(17-20-11-7-6-8-12-20)31-28(37)34-16-10-9-13-24(34)27(36)40-19-30-22-14-15-23(35(38)39)26-25(22)32-42-33-26;1-16(2,3)20(4,5)19-12-15(17-13-18)11-14-9-7-6-8-10-14;19-13(9-3-1-2-6-14-9)22-7-15-8-4-5-10(18(20)21)12-11(8)16-23-17-12/h6-8,11-12,14-15,21,24,30H,9-10,13,16-19H2,1-5H3,(H,31,37);6-10,15H,11-12H2,1-5H3;4-5,9,14-15H,1-3,6-7H2/t21-,24+;15-;9-/m110/s1. The maximum Gasteiger partial charge on any atom is 0.330 e. The number of fused-ring (bicyclic) bond motifs is 2. The maximum atomic E-state index is 13.6. The summed E-state index contributed by atoms with van der Waals surface area (Å²) in [5.41, 5.74) is 2.98. The molecule has 4 N–H and O–H groups in total. The molecule has 86 heavy (non-hydrogen) atoms. The molecule has 464 valence electrons. The highest BCUT2D eigenvalue weighted by molar-refractivity contribution is 6.74. The molecule has 28 heteroatoms. The summed E-state index contributed by atoms with van der Waals surface area (Å²) in [6.07, 6.45) is 7.83. The Labute approximate surface area is 501 Å². The number of aliphatic imine (C=N–C) groups is 1. The predicted octanol–water partition coefficient (Wildman–Crippen LogP) is 10.4. The SMILES string of the molecule is CC(C)(C)[Si](C)(C)OC[C@@H](Cc1ccccc1)N=C=O.CC(C)(C)[Si](C)(C)OC[C@@H](Cc1ccccc1)NC(=O)N1CCCC[C@H]1C(=O)OCNc1ccc([N+](=O)[O-])c2nonc12.O=C(OCNc1ccc([N+](=O)[O-])c2nonc12)[C@@H]1CCCCN1. The number of nitrogens with zero attached hydrogens (tertiary/aromatic N) is 8. The lowest BCUT2D eigenvalue weighted by Gasteiger charge is -2.38. The van der Waals surface area contributed by atoms with Crippen molar-refractivity contribution in [1.82, 2.24) is 36.2 Å². The van der Waals surface area contributed by atoms with Crippen LogP contribution in [0, 0.1) is 20.2 Å². The molecule has 26 nitrogen and oxygen atoms in total. The van der Waals surface area contributed by atoms with Gasteiger partial charge in [0.25, 0.3) is 0 Å². The predicted molar refractivity (Wildman–Crippen MR) is 327 cm³/mol. The Hall–Kier alpha value is -8.02. The molecule has 0 spiro atoms. The lowest BCUT2D eigenvalue weighted by Crippen LogP contribution is -2.56. The van der Waals surface area contributed by atoms with Gasteiger partial charge in [0.05, 0.1) is 46.5 Å². The minimum Gasteiger partial charge on any atom is -0.443 e. The van der Waals surface area contributed by atoms with Crippen LogP contribution in [0.15, 0.2) is 99.2 Å². The molecule has 2 amide bonds. The van der Waals surface area contributed by atoms with Crippen LogP contribution in [-0.2, 0) is 45.6 Å². The van der Waals surface area contributed by atoms with Crippen molar-refractivity contribution in [2.45, 2.75) is 153 Å². The number of carbonyl (C=O) groups excluding carboxylic acids is 4. The van der Waals surface area contributed by atoms with E-state index in [-0.39, 0.29) is 87.1 Å². The minimum atomic E-state index is -2.06. The second kappa shape index (κ2) is 30.9. The topological polar surface area (TPSA) is 333 Å². The van der Waals surface area contributed by atoms with E-state index in [0.717, 1.165) is 49.8 Å². The summed E-state index contributed by atoms with van der Waals surface area (Å²) < 4.78 is 32.5. The fourth-order valence-corrected chi connectivity index (χ4v) is 10.9. The van der Waals surface area contributed by atoms with Gasteiger partial charge in [-0.05, 0) is 132 Å². The average molecular weight is 1230 g/mol. The van der Waals surface area contributed by atoms with Crippen LogP contribution >= 0.6 is 0 Å². The van der Waals surface area contributed by atoms with Crippen LogP contribution in [0.4, 0.5) is 27.5 Å². The summed E-state index contributed by atoms with van der Waals surface area (Å²) in [6, 6.07) is 23.6. The normalized spacial score (nSPS) is 16.2. The monoisotopic (exact) mass is 1220 g/mol. The number of piperidine rings is 2. The van der Waals surface area contributed by atoms with Crippen LogP contribution < -0.4 is 21.3 Å². The van der Waals surface area contributed by atoms with Gasteiger partial charge in [-0.25, -0.2) is 23.6 Å². The Morgan fingerprint density at radius 1 is 0.686 bits per heavy atom. The molecule has 2 aliphatic heterocycles. The van der Waals surface area contributed by atoms with Gasteiger partial charge in [0.1, 0.15) is 12.1 Å². The fraction of sp³-hybridized carbons (Fsp3) is 0.517. The third kappa shape index (κ3) is 19.0. The van der Waals surface area contributed by atoms with Crippen LogP contribution in [0.5, 0.6) is 0 Å². The molecule has 0 unspecified atom stereocenters. The summed E-state index contributed by atoms with van der Waals surface area (Å²) in [4.78, 5) is 75.7. The lowest BCUT2D eigenvalue weighted by atomic mass is 10.0. The van der Waals surface area contributed by atoms with E-state index in [9.17, 15) is 39.4 Å². The number of non-ortho nitro benzene ring substituents is 2. The molecule has 0 aliphatic carbocycles. The molecule has 0 saturated carbocycles. The van der Waals surface area contributed by atoms with Gasteiger partial charge in [0, 0.05) is 18.7 Å². The Kier molecular flexibility index (Phi) is 24.1. The van der Waals surface area contributed by atoms with E-state index in [4.69, 9.17) is 18.3 Å². The second-order valence-electron chi connectivity index (χ2n) is 24.0. The lowest BCUT2D eigenvalue weighted by molar-refractivity contribution is -0.383. The number of urea groups is 1. The van der Waals surface area contributed by atoms with Crippen LogP contribution in [0.3, 0.4) is 0 Å². The van der Waals surface area contributed by atoms with E-state index < -0.39 is 38.5 Å². The molecular formula is C58H80N12O14Si2. The number of esters is 2. The zero-order valence-corrected chi connectivity index (χ0v) is 52.6. The van der Waals surface area contributed by atoms with Gasteiger partial charge in [-0.15, -0.1) is 0 Å². The van der Waals surface area contributed by atoms with Gasteiger partial charge >= 0.3 is 29.3 Å². The number of rotatable bonds is 22. The highest BCUT2D eigenvalue weighted by atomic mass is 28.4. The number of anilines is 2. The van der Waals surface area contributed by atoms with E-state index in [1.165, 1.54) is 24.3 Å². The number of nitrogens with one attached hydrogen (secondary N) is 4. The van der Waals surface area contributed by atoms with Crippen molar-refractivity contribution in [2.75, 3.05) is 50.4 Å². The summed E-state index contributed by atoms with van der Waals surface area (Å²) in [5, 5.41) is 48.8. The third-order valence-corrected chi connectivity index (χ3v) is 24.9. The smallest absolute Gasteiger partial charge is 0.330 e. The van der Waals surface area contributed by atoms with Crippen LogP contribution in [0.25, 0.3) is 22.1 Å². The van der Waals surface area contributed by atoms with Gasteiger partial charge in [-0.1, -0.05) is 109 Å². The first-order valence-electron chi connectivity index (χ1n) is 28.6. The Bertz CT molecular complexity index is 3250. The number of hydrogen-bond donors (Lipinski definition) is 4. The first-order chi connectivity index (χ1) is 40.8. The van der Waals surface area contributed by atoms with E-state index >= 15 is 0 Å². The summed E-state index contributed by atoms with van der Waals surface area (Å²) in [5.74, 6) is -0.871. The summed E-state index contributed by atoms with van der Waals surface area (Å²) >= 11 is 0. The summed E-state index contributed by atoms with van der Waals surface area (Å²) in [6.45, 7) is 23.7. The number of aromatic nitrogens is 4. The second-order valence-corrected chi connectivity index (χ2v) is 33.6. The largest absolute Gasteiger partial charge is 0.443 e. The minimum absolute atomic E-state index is 0.0148. The number of nitro benzene ring substituents is 2. The molecule has 4 aromatic carbocycles. The Balaban J connectivity index is 0.000000230. The fourth-order valence-electron chi connectivity index (χ4n) is 8.78. The average Bonchev–Trinajstić information content (AvgIpc) is 3.78. The van der Waals surface area contributed by atoms with Crippen molar-refractivity contribution < 1.29 is 56.6 Å². The zero-order chi connectivity index (χ0) is 62.7. The van der Waals surface area contributed by atoms with Gasteiger partial charge < -0.3 is 44.5 Å². The molecule has 2 fully saturated rings. The van der Waals surface area contributed by atoms with E-state index in [2.05, 4.69) is 124 Å². The van der Waals surface area contributed by atoms with Crippen LogP contribution in [-0.4, -0.2) is 140 Å². The Morgan fingerprint density at radius 3 is 1.66 bits per heavy atom. The van der Waals surface area contributed by atoms with E-state index in [0.29, 0.717) is 50.4 Å². The number of isocyanates is 1. The van der Waals surface area contributed by atoms with Gasteiger partial charge in [0.15, 0.2) is 41.1 Å². The molecule has 0 bridgehead atoms. The molecular weight excluding hydrogens is 1140 g/mol. The molecule has 6 aromatic rings. The number of hydrogen-bond acceptors (Lipinski definition) is 22. The highest BCUT2D eigenvalue weighted by Crippen LogP contribution is 2.38. The Morgan fingerprint density at radius 2 is 1.17 bits per heavy atom. The molecule has 2 aromatic heterocycles. The number of nitro groups is 2. The number of amides is 2. The van der Waals surface area contributed by atoms with Crippen LogP contribution in [0.1, 0.15) is 91.2 Å². The number of ether oxygens (including phenoxy) is 2. The van der Waals surface area contributed by atoms with E-state index in [1.54, 1.807) is 11.0 Å². The number of carbonyl (C=O) groups is 3. The molecule has 4 heterocycles. The van der Waals surface area contributed by atoms with Crippen molar-refractivity contribution in [3.8, 4) is 0 Å². The molecule has 2 saturated heterocycles. The first-order valence-corrected chi connectivity index (χ1v) is 34.5.